The van der Waals surface area contributed by atoms with Crippen molar-refractivity contribution in [1.82, 2.24) is 4.90 Å². The largest absolute Gasteiger partial charge is 0.481 e. The van der Waals surface area contributed by atoms with E-state index in [9.17, 15) is 4.79 Å². The van der Waals surface area contributed by atoms with E-state index in [2.05, 4.69) is 18.7 Å². The molecule has 0 aromatic rings. The van der Waals surface area contributed by atoms with Crippen LogP contribution in [0.25, 0.3) is 0 Å². The Balaban J connectivity index is 2.30. The molecule has 1 rings (SSSR count). The third-order valence-electron chi connectivity index (χ3n) is 3.43. The van der Waals surface area contributed by atoms with Crippen LogP contribution in [0.1, 0.15) is 40.0 Å². The lowest BCUT2D eigenvalue weighted by Gasteiger charge is -2.23. The Morgan fingerprint density at radius 1 is 1.53 bits per heavy atom. The van der Waals surface area contributed by atoms with Crippen molar-refractivity contribution < 1.29 is 9.90 Å². The minimum absolute atomic E-state index is 0.149. The fourth-order valence-corrected chi connectivity index (χ4v) is 2.35. The number of carboxylic acids is 1. The van der Waals surface area contributed by atoms with Gasteiger partial charge in [-0.15, -0.1) is 0 Å². The second kappa shape index (κ2) is 5.50. The monoisotopic (exact) mass is 213 g/mol. The topological polar surface area (TPSA) is 40.5 Å². The molecule has 2 atom stereocenters. The highest BCUT2D eigenvalue weighted by Crippen LogP contribution is 2.24. The molecule has 0 aromatic heterocycles. The highest BCUT2D eigenvalue weighted by atomic mass is 16.4. The molecule has 0 bridgehead atoms. The summed E-state index contributed by atoms with van der Waals surface area (Å²) in [5, 5.41) is 8.99. The number of carbonyl (C=O) groups is 1. The van der Waals surface area contributed by atoms with E-state index in [0.29, 0.717) is 0 Å². The van der Waals surface area contributed by atoms with Gasteiger partial charge in [-0.1, -0.05) is 13.8 Å². The molecule has 1 N–H and O–H groups in total. The molecule has 1 aliphatic rings. The fraction of sp³-hybridized carbons (Fsp3) is 0.917. The molecule has 1 aliphatic heterocycles. The molecule has 0 saturated carbocycles. The third kappa shape index (κ3) is 3.49. The van der Waals surface area contributed by atoms with Gasteiger partial charge in [0.15, 0.2) is 0 Å². The Morgan fingerprint density at radius 2 is 2.20 bits per heavy atom. The van der Waals surface area contributed by atoms with Gasteiger partial charge in [0.05, 0.1) is 5.92 Å². The molecule has 1 fully saturated rings. The molecule has 0 amide bonds. The molecule has 1 heterocycles. The van der Waals surface area contributed by atoms with E-state index in [4.69, 9.17) is 5.11 Å². The number of likely N-dealkylation sites (tertiary alicyclic amines) is 1. The first-order valence-electron chi connectivity index (χ1n) is 5.99. The summed E-state index contributed by atoms with van der Waals surface area (Å²) in [6, 6.07) is 0.217. The van der Waals surface area contributed by atoms with E-state index in [1.807, 2.05) is 6.92 Å². The zero-order valence-electron chi connectivity index (χ0n) is 10.1. The Morgan fingerprint density at radius 3 is 2.67 bits per heavy atom. The summed E-state index contributed by atoms with van der Waals surface area (Å²) in [5.74, 6) is -0.0314. The van der Waals surface area contributed by atoms with Crippen molar-refractivity contribution in [3.05, 3.63) is 0 Å². The number of nitrogens with zero attached hydrogens (tertiary/aromatic N) is 1. The van der Waals surface area contributed by atoms with Crippen LogP contribution in [0.15, 0.2) is 0 Å². The standard InChI is InChI=1S/C12H23NO2/c1-9(2)5-4-7-13-8-6-11(10(13)3)12(14)15/h9-11H,4-8H2,1-3H3,(H,14,15). The van der Waals surface area contributed by atoms with Crippen LogP contribution >= 0.6 is 0 Å². The van der Waals surface area contributed by atoms with Crippen LogP contribution in [0, 0.1) is 11.8 Å². The van der Waals surface area contributed by atoms with Gasteiger partial charge >= 0.3 is 5.97 Å². The molecule has 3 heteroatoms. The first-order chi connectivity index (χ1) is 7.02. The van der Waals surface area contributed by atoms with Crippen LogP contribution in [0.2, 0.25) is 0 Å². The highest BCUT2D eigenvalue weighted by Gasteiger charge is 2.34. The third-order valence-corrected chi connectivity index (χ3v) is 3.43. The van der Waals surface area contributed by atoms with Gasteiger partial charge in [-0.05, 0) is 45.2 Å². The van der Waals surface area contributed by atoms with Gasteiger partial charge in [0, 0.05) is 6.04 Å². The molecule has 0 aromatic carbocycles. The van der Waals surface area contributed by atoms with E-state index in [1.165, 1.54) is 12.8 Å². The van der Waals surface area contributed by atoms with E-state index in [-0.39, 0.29) is 12.0 Å². The Labute approximate surface area is 92.5 Å². The van der Waals surface area contributed by atoms with Crippen molar-refractivity contribution in [2.45, 2.75) is 46.1 Å². The molecule has 0 radical (unpaired) electrons. The van der Waals surface area contributed by atoms with Gasteiger partial charge < -0.3 is 5.11 Å². The summed E-state index contributed by atoms with van der Waals surface area (Å²) >= 11 is 0. The van der Waals surface area contributed by atoms with Crippen molar-refractivity contribution in [3.63, 3.8) is 0 Å². The van der Waals surface area contributed by atoms with Crippen LogP contribution in [0.5, 0.6) is 0 Å². The zero-order chi connectivity index (χ0) is 11.4. The van der Waals surface area contributed by atoms with Crippen LogP contribution in [-0.4, -0.2) is 35.1 Å². The van der Waals surface area contributed by atoms with Crippen LogP contribution in [0.3, 0.4) is 0 Å². The lowest BCUT2D eigenvalue weighted by Crippen LogP contribution is -2.33. The fourth-order valence-electron chi connectivity index (χ4n) is 2.35. The number of rotatable bonds is 5. The minimum atomic E-state index is -0.631. The predicted octanol–water partition coefficient (Wildman–Crippen LogP) is 2.22. The second-order valence-electron chi connectivity index (χ2n) is 5.05. The normalized spacial score (nSPS) is 27.5. The summed E-state index contributed by atoms with van der Waals surface area (Å²) in [4.78, 5) is 13.2. The summed E-state index contributed by atoms with van der Waals surface area (Å²) in [6.45, 7) is 8.52. The highest BCUT2D eigenvalue weighted by molar-refractivity contribution is 5.71. The van der Waals surface area contributed by atoms with E-state index in [1.54, 1.807) is 0 Å². The van der Waals surface area contributed by atoms with Crippen molar-refractivity contribution >= 4 is 5.97 Å². The maximum absolute atomic E-state index is 10.9. The predicted molar refractivity (Wildman–Crippen MR) is 60.8 cm³/mol. The Hall–Kier alpha value is -0.570. The van der Waals surface area contributed by atoms with Gasteiger partial charge in [-0.25, -0.2) is 0 Å². The average Bonchev–Trinajstić information content (AvgIpc) is 2.47. The first-order valence-corrected chi connectivity index (χ1v) is 5.99. The second-order valence-corrected chi connectivity index (χ2v) is 5.05. The smallest absolute Gasteiger partial charge is 0.308 e. The summed E-state index contributed by atoms with van der Waals surface area (Å²) in [7, 11) is 0. The molecule has 1 saturated heterocycles. The molecule has 2 unspecified atom stereocenters. The zero-order valence-corrected chi connectivity index (χ0v) is 10.1. The quantitative estimate of drug-likeness (QED) is 0.761. The van der Waals surface area contributed by atoms with Crippen LogP contribution in [0.4, 0.5) is 0 Å². The number of hydrogen-bond donors (Lipinski definition) is 1. The Kier molecular flexibility index (Phi) is 4.58. The Bertz CT molecular complexity index is 216. The number of hydrogen-bond acceptors (Lipinski definition) is 2. The minimum Gasteiger partial charge on any atom is -0.481 e. The van der Waals surface area contributed by atoms with Crippen LogP contribution in [-0.2, 0) is 4.79 Å². The first kappa shape index (κ1) is 12.5. The number of carboxylic acid groups (broad SMARTS) is 1. The molecule has 0 spiro atoms. The van der Waals surface area contributed by atoms with Gasteiger partial charge in [-0.2, -0.15) is 0 Å². The summed E-state index contributed by atoms with van der Waals surface area (Å²) < 4.78 is 0. The lowest BCUT2D eigenvalue weighted by atomic mass is 10.0. The van der Waals surface area contributed by atoms with Gasteiger partial charge in [0.25, 0.3) is 0 Å². The van der Waals surface area contributed by atoms with E-state index < -0.39 is 5.97 Å². The summed E-state index contributed by atoms with van der Waals surface area (Å²) in [5.41, 5.74) is 0. The van der Waals surface area contributed by atoms with E-state index >= 15 is 0 Å². The van der Waals surface area contributed by atoms with Gasteiger partial charge in [0.2, 0.25) is 0 Å². The van der Waals surface area contributed by atoms with Crippen molar-refractivity contribution in [2.75, 3.05) is 13.1 Å². The van der Waals surface area contributed by atoms with E-state index in [0.717, 1.165) is 25.4 Å². The molecule has 15 heavy (non-hydrogen) atoms. The molecule has 88 valence electrons. The maximum atomic E-state index is 10.9. The SMILES string of the molecule is CC(C)CCCN1CCC(C(=O)O)C1C. The van der Waals surface area contributed by atoms with Crippen molar-refractivity contribution in [1.29, 1.82) is 0 Å². The van der Waals surface area contributed by atoms with Crippen molar-refractivity contribution in [3.8, 4) is 0 Å². The van der Waals surface area contributed by atoms with Gasteiger partial charge in [-0.3, -0.25) is 9.69 Å². The van der Waals surface area contributed by atoms with Crippen molar-refractivity contribution in [2.24, 2.45) is 11.8 Å². The van der Waals surface area contributed by atoms with Gasteiger partial charge in [0.1, 0.15) is 0 Å². The average molecular weight is 213 g/mol. The lowest BCUT2D eigenvalue weighted by molar-refractivity contribution is -0.142. The summed E-state index contributed by atoms with van der Waals surface area (Å²) in [6.07, 6.45) is 3.24. The molecular formula is C12H23NO2. The molecule has 0 aliphatic carbocycles. The molecule has 3 nitrogen and oxygen atoms in total. The molecular weight excluding hydrogens is 190 g/mol. The van der Waals surface area contributed by atoms with Crippen LogP contribution < -0.4 is 0 Å². The maximum Gasteiger partial charge on any atom is 0.308 e. The number of aliphatic carboxylic acids is 1.